The SMILES string of the molecule is Cc1ccccc1SCCC1CCCC1(N)CO. The molecule has 2 nitrogen and oxygen atoms in total. The van der Waals surface area contributed by atoms with Gasteiger partial charge in [0.1, 0.15) is 0 Å². The highest BCUT2D eigenvalue weighted by atomic mass is 32.2. The summed E-state index contributed by atoms with van der Waals surface area (Å²) in [6.45, 7) is 2.28. The van der Waals surface area contributed by atoms with E-state index in [2.05, 4.69) is 31.2 Å². The summed E-state index contributed by atoms with van der Waals surface area (Å²) in [4.78, 5) is 1.36. The highest BCUT2D eigenvalue weighted by molar-refractivity contribution is 7.99. The van der Waals surface area contributed by atoms with Crippen molar-refractivity contribution in [3.8, 4) is 0 Å². The maximum atomic E-state index is 9.42. The third-order valence-corrected chi connectivity index (χ3v) is 5.33. The Morgan fingerprint density at radius 3 is 2.94 bits per heavy atom. The van der Waals surface area contributed by atoms with E-state index in [0.29, 0.717) is 5.92 Å². The number of aryl methyl sites for hydroxylation is 1. The number of nitrogens with two attached hydrogens (primary N) is 1. The predicted molar refractivity (Wildman–Crippen MR) is 77.9 cm³/mol. The van der Waals surface area contributed by atoms with Crippen LogP contribution in [0.2, 0.25) is 0 Å². The Bertz CT molecular complexity index is 396. The van der Waals surface area contributed by atoms with Crippen LogP contribution in [0.1, 0.15) is 31.2 Å². The molecule has 0 saturated heterocycles. The number of hydrogen-bond acceptors (Lipinski definition) is 3. The van der Waals surface area contributed by atoms with Gasteiger partial charge in [-0.1, -0.05) is 24.6 Å². The van der Waals surface area contributed by atoms with Crippen LogP contribution in [0.15, 0.2) is 29.2 Å². The first-order valence-electron chi connectivity index (χ1n) is 6.74. The highest BCUT2D eigenvalue weighted by Gasteiger charge is 2.38. The lowest BCUT2D eigenvalue weighted by atomic mass is 9.87. The van der Waals surface area contributed by atoms with Crippen molar-refractivity contribution in [2.45, 2.75) is 43.0 Å². The van der Waals surface area contributed by atoms with Crippen LogP contribution in [0, 0.1) is 12.8 Å². The molecule has 0 aliphatic heterocycles. The predicted octanol–water partition coefficient (Wildman–Crippen LogP) is 2.97. The van der Waals surface area contributed by atoms with E-state index in [-0.39, 0.29) is 12.1 Å². The van der Waals surface area contributed by atoms with Crippen molar-refractivity contribution >= 4 is 11.8 Å². The number of benzene rings is 1. The van der Waals surface area contributed by atoms with E-state index in [1.165, 1.54) is 16.9 Å². The first-order valence-corrected chi connectivity index (χ1v) is 7.72. The Morgan fingerprint density at radius 1 is 1.44 bits per heavy atom. The van der Waals surface area contributed by atoms with Crippen molar-refractivity contribution in [1.82, 2.24) is 0 Å². The fraction of sp³-hybridized carbons (Fsp3) is 0.600. The minimum Gasteiger partial charge on any atom is -0.394 e. The summed E-state index contributed by atoms with van der Waals surface area (Å²) in [7, 11) is 0. The van der Waals surface area contributed by atoms with E-state index in [1.807, 2.05) is 11.8 Å². The van der Waals surface area contributed by atoms with Crippen LogP contribution in [0.4, 0.5) is 0 Å². The van der Waals surface area contributed by atoms with Crippen LogP contribution in [0.3, 0.4) is 0 Å². The normalized spacial score (nSPS) is 27.6. The number of rotatable bonds is 5. The van der Waals surface area contributed by atoms with E-state index >= 15 is 0 Å². The van der Waals surface area contributed by atoms with Gasteiger partial charge in [0.2, 0.25) is 0 Å². The molecule has 2 atom stereocenters. The van der Waals surface area contributed by atoms with Crippen LogP contribution < -0.4 is 5.73 Å². The van der Waals surface area contributed by atoms with Gasteiger partial charge in [-0.15, -0.1) is 11.8 Å². The van der Waals surface area contributed by atoms with Gasteiger partial charge in [-0.25, -0.2) is 0 Å². The van der Waals surface area contributed by atoms with Gasteiger partial charge in [-0.2, -0.15) is 0 Å². The second-order valence-electron chi connectivity index (χ2n) is 5.38. The molecule has 0 amide bonds. The van der Waals surface area contributed by atoms with Crippen molar-refractivity contribution in [3.05, 3.63) is 29.8 Å². The zero-order valence-electron chi connectivity index (χ0n) is 11.1. The average Bonchev–Trinajstić information content (AvgIpc) is 2.74. The van der Waals surface area contributed by atoms with Gasteiger partial charge in [0.05, 0.1) is 6.61 Å². The summed E-state index contributed by atoms with van der Waals surface area (Å²) < 4.78 is 0. The van der Waals surface area contributed by atoms with E-state index in [9.17, 15) is 5.11 Å². The number of aliphatic hydroxyl groups is 1. The number of aliphatic hydroxyl groups excluding tert-OH is 1. The Hall–Kier alpha value is -0.510. The van der Waals surface area contributed by atoms with Crippen molar-refractivity contribution in [1.29, 1.82) is 0 Å². The molecule has 1 saturated carbocycles. The second-order valence-corrected chi connectivity index (χ2v) is 6.52. The van der Waals surface area contributed by atoms with Crippen molar-refractivity contribution in [3.63, 3.8) is 0 Å². The van der Waals surface area contributed by atoms with Crippen LogP contribution in [-0.2, 0) is 0 Å². The van der Waals surface area contributed by atoms with Crippen molar-refractivity contribution < 1.29 is 5.11 Å². The van der Waals surface area contributed by atoms with Gasteiger partial charge in [0.25, 0.3) is 0 Å². The summed E-state index contributed by atoms with van der Waals surface area (Å²) in [6.07, 6.45) is 4.42. The molecule has 0 spiro atoms. The Kier molecular flexibility index (Phi) is 4.71. The summed E-state index contributed by atoms with van der Waals surface area (Å²) in [5, 5.41) is 9.42. The average molecular weight is 265 g/mol. The van der Waals surface area contributed by atoms with E-state index in [1.54, 1.807) is 0 Å². The van der Waals surface area contributed by atoms with Gasteiger partial charge in [-0.3, -0.25) is 0 Å². The molecule has 1 fully saturated rings. The van der Waals surface area contributed by atoms with Crippen LogP contribution in [0.5, 0.6) is 0 Å². The molecule has 3 N–H and O–H groups in total. The molecular formula is C15H23NOS. The van der Waals surface area contributed by atoms with E-state index in [4.69, 9.17) is 5.73 Å². The lowest BCUT2D eigenvalue weighted by molar-refractivity contribution is 0.158. The molecule has 2 rings (SSSR count). The lowest BCUT2D eigenvalue weighted by Gasteiger charge is -2.29. The summed E-state index contributed by atoms with van der Waals surface area (Å²) in [5.74, 6) is 1.58. The molecule has 18 heavy (non-hydrogen) atoms. The monoisotopic (exact) mass is 265 g/mol. The molecule has 1 aromatic carbocycles. The molecule has 3 heteroatoms. The zero-order chi connectivity index (χ0) is 13.0. The van der Waals surface area contributed by atoms with Crippen LogP contribution in [0.25, 0.3) is 0 Å². The summed E-state index contributed by atoms with van der Waals surface area (Å²) in [5.41, 5.74) is 7.28. The zero-order valence-corrected chi connectivity index (χ0v) is 11.9. The third-order valence-electron chi connectivity index (χ3n) is 4.12. The van der Waals surface area contributed by atoms with Gasteiger partial charge >= 0.3 is 0 Å². The summed E-state index contributed by atoms with van der Waals surface area (Å²) >= 11 is 1.91. The lowest BCUT2D eigenvalue weighted by Crippen LogP contribution is -2.47. The molecule has 0 heterocycles. The van der Waals surface area contributed by atoms with Gasteiger partial charge in [0.15, 0.2) is 0 Å². The fourth-order valence-corrected chi connectivity index (χ4v) is 3.93. The first kappa shape index (κ1) is 13.9. The smallest absolute Gasteiger partial charge is 0.0613 e. The third kappa shape index (κ3) is 3.08. The topological polar surface area (TPSA) is 46.2 Å². The first-order chi connectivity index (χ1) is 8.65. The van der Waals surface area contributed by atoms with Crippen molar-refractivity contribution in [2.75, 3.05) is 12.4 Å². The molecule has 1 aliphatic rings. The van der Waals surface area contributed by atoms with Crippen molar-refractivity contribution in [2.24, 2.45) is 11.7 Å². The maximum absolute atomic E-state index is 9.42. The molecule has 1 aromatic rings. The Labute approximate surface area is 114 Å². The quantitative estimate of drug-likeness (QED) is 0.805. The minimum absolute atomic E-state index is 0.132. The van der Waals surface area contributed by atoms with Gasteiger partial charge in [-0.05, 0) is 49.5 Å². The largest absolute Gasteiger partial charge is 0.394 e. The standard InChI is InChI=1S/C15H23NOS/c1-12-5-2-3-7-14(12)18-10-8-13-6-4-9-15(13,16)11-17/h2-3,5,7,13,17H,4,6,8-11,16H2,1H3. The molecule has 0 radical (unpaired) electrons. The molecule has 100 valence electrons. The molecule has 0 aromatic heterocycles. The number of hydrogen-bond donors (Lipinski definition) is 2. The molecule has 1 aliphatic carbocycles. The molecule has 0 bridgehead atoms. The van der Waals surface area contributed by atoms with Crippen LogP contribution in [-0.4, -0.2) is 23.0 Å². The van der Waals surface area contributed by atoms with Gasteiger partial charge < -0.3 is 10.8 Å². The fourth-order valence-electron chi connectivity index (χ4n) is 2.84. The second kappa shape index (κ2) is 6.09. The Morgan fingerprint density at radius 2 is 2.22 bits per heavy atom. The maximum Gasteiger partial charge on any atom is 0.0613 e. The summed E-state index contributed by atoms with van der Waals surface area (Å²) in [6, 6.07) is 8.49. The molecular weight excluding hydrogens is 242 g/mol. The Balaban J connectivity index is 1.84. The molecule has 2 unspecified atom stereocenters. The van der Waals surface area contributed by atoms with E-state index in [0.717, 1.165) is 25.0 Å². The minimum atomic E-state index is -0.313. The van der Waals surface area contributed by atoms with E-state index < -0.39 is 0 Å². The highest BCUT2D eigenvalue weighted by Crippen LogP contribution is 2.37. The number of thioether (sulfide) groups is 1. The van der Waals surface area contributed by atoms with Gasteiger partial charge in [0, 0.05) is 10.4 Å². The van der Waals surface area contributed by atoms with Crippen LogP contribution >= 0.6 is 11.8 Å².